The van der Waals surface area contributed by atoms with E-state index in [4.69, 9.17) is 5.73 Å². The number of benzene rings is 2. The highest BCUT2D eigenvalue weighted by atomic mass is 79.9. The van der Waals surface area contributed by atoms with Gasteiger partial charge < -0.3 is 21.7 Å². The van der Waals surface area contributed by atoms with Crippen LogP contribution in [0, 0.1) is 0 Å². The second-order valence-corrected chi connectivity index (χ2v) is 10.6. The Bertz CT molecular complexity index is 1580. The van der Waals surface area contributed by atoms with E-state index < -0.39 is 17.6 Å². The maximum atomic E-state index is 14.0. The summed E-state index contributed by atoms with van der Waals surface area (Å²) in [4.78, 5) is 28.0. The summed E-state index contributed by atoms with van der Waals surface area (Å²) >= 11 is 3.40. The van der Waals surface area contributed by atoms with Gasteiger partial charge in [-0.1, -0.05) is 12.1 Å². The summed E-state index contributed by atoms with van der Waals surface area (Å²) in [6.07, 6.45) is 0.354. The fraction of sp³-hybridized carbons (Fsp3) is 0.241. The predicted octanol–water partition coefficient (Wildman–Crippen LogP) is 5.60. The minimum atomic E-state index is -4.60. The molecule has 0 saturated carbocycles. The quantitative estimate of drug-likeness (QED) is 0.190. The number of carbonyl (C=O) groups is 1. The van der Waals surface area contributed by atoms with E-state index in [1.807, 2.05) is 11.0 Å². The molecular formula is C29H29BrClF3N8O. The molecule has 3 heterocycles. The molecule has 0 unspecified atom stereocenters. The molecule has 226 valence electrons. The molecule has 43 heavy (non-hydrogen) atoms. The zero-order chi connectivity index (χ0) is 29.7. The average Bonchev–Trinajstić information content (AvgIpc) is 2.98. The molecule has 0 aliphatic carbocycles. The Kier molecular flexibility index (Phi) is 10.7. The van der Waals surface area contributed by atoms with Crippen molar-refractivity contribution in [2.75, 3.05) is 36.8 Å². The van der Waals surface area contributed by atoms with Gasteiger partial charge >= 0.3 is 6.18 Å². The molecule has 0 atom stereocenters. The summed E-state index contributed by atoms with van der Waals surface area (Å²) in [5, 5.41) is 9.02. The van der Waals surface area contributed by atoms with E-state index in [0.29, 0.717) is 36.1 Å². The van der Waals surface area contributed by atoms with E-state index >= 15 is 0 Å². The maximum absolute atomic E-state index is 14.0. The number of nitrogens with zero attached hydrogens (tertiary/aromatic N) is 4. The van der Waals surface area contributed by atoms with Crippen LogP contribution in [0.4, 0.5) is 30.5 Å². The molecule has 1 saturated heterocycles. The van der Waals surface area contributed by atoms with Crippen LogP contribution in [0.5, 0.6) is 0 Å². The van der Waals surface area contributed by atoms with Crippen molar-refractivity contribution in [1.29, 1.82) is 0 Å². The molecule has 1 aliphatic heterocycles. The Balaban J connectivity index is 0.00000423. The van der Waals surface area contributed by atoms with Gasteiger partial charge in [0.15, 0.2) is 0 Å². The van der Waals surface area contributed by atoms with Crippen molar-refractivity contribution in [2.24, 2.45) is 5.73 Å². The van der Waals surface area contributed by atoms with Crippen molar-refractivity contribution in [3.8, 4) is 11.3 Å². The molecule has 0 spiro atoms. The summed E-state index contributed by atoms with van der Waals surface area (Å²) in [6.45, 7) is 3.12. The van der Waals surface area contributed by atoms with Gasteiger partial charge in [0.1, 0.15) is 0 Å². The lowest BCUT2D eigenvalue weighted by atomic mass is 10.0. The first-order valence-electron chi connectivity index (χ1n) is 13.2. The molecule has 5 N–H and O–H groups in total. The van der Waals surface area contributed by atoms with Gasteiger partial charge in [0.2, 0.25) is 5.95 Å². The molecule has 4 aromatic rings. The fourth-order valence-corrected chi connectivity index (χ4v) is 5.00. The Morgan fingerprint density at radius 3 is 2.53 bits per heavy atom. The topological polar surface area (TPSA) is 121 Å². The number of anilines is 3. The Morgan fingerprint density at radius 1 is 1.05 bits per heavy atom. The highest BCUT2D eigenvalue weighted by molar-refractivity contribution is 9.10. The molecule has 0 bridgehead atoms. The standard InChI is InChI=1S/C29H28BrF3N8O.ClH/c30-22-11-21(15-36-16-22)25-5-6-37-28(39-25)40-26-13-23(4-3-19(26)14-34)38-27(42)18-1-2-20(24(12-18)29(31,32)33)17-41-9-7-35-8-10-41;/h1-6,11-13,15-16,35H,7-10,14,17,34H2,(H,38,42)(H,37,39,40);1H. The van der Waals surface area contributed by atoms with Gasteiger partial charge in [-0.05, 0) is 63.5 Å². The van der Waals surface area contributed by atoms with E-state index in [2.05, 4.69) is 46.8 Å². The van der Waals surface area contributed by atoms with Crippen molar-refractivity contribution in [3.63, 3.8) is 0 Å². The van der Waals surface area contributed by atoms with Crippen LogP contribution >= 0.6 is 28.3 Å². The van der Waals surface area contributed by atoms with E-state index in [9.17, 15) is 18.0 Å². The van der Waals surface area contributed by atoms with Gasteiger partial charge in [0.05, 0.1) is 11.3 Å². The molecule has 0 radical (unpaired) electrons. The lowest BCUT2D eigenvalue weighted by Gasteiger charge is -2.28. The first kappa shape index (κ1) is 32.3. The number of aromatic nitrogens is 3. The van der Waals surface area contributed by atoms with Crippen LogP contribution in [-0.2, 0) is 19.3 Å². The lowest BCUT2D eigenvalue weighted by molar-refractivity contribution is -0.138. The molecule has 1 fully saturated rings. The first-order chi connectivity index (χ1) is 20.2. The Hall–Kier alpha value is -3.62. The summed E-state index contributed by atoms with van der Waals surface area (Å²) in [6, 6.07) is 12.3. The number of alkyl halides is 3. The number of nitrogens with one attached hydrogen (secondary N) is 3. The molecule has 2 aromatic heterocycles. The number of hydrogen-bond donors (Lipinski definition) is 4. The SMILES string of the molecule is Cl.NCc1ccc(NC(=O)c2ccc(CN3CCNCC3)c(C(F)(F)F)c2)cc1Nc1nccc(-c2cncc(Br)c2)n1. The van der Waals surface area contributed by atoms with Crippen molar-refractivity contribution in [3.05, 3.63) is 93.8 Å². The van der Waals surface area contributed by atoms with Crippen molar-refractivity contribution in [2.45, 2.75) is 19.3 Å². The van der Waals surface area contributed by atoms with Crippen LogP contribution in [-0.4, -0.2) is 51.9 Å². The number of carbonyl (C=O) groups excluding carboxylic acids is 1. The molecule has 14 heteroatoms. The zero-order valence-corrected chi connectivity index (χ0v) is 25.2. The van der Waals surface area contributed by atoms with E-state index in [1.54, 1.807) is 42.9 Å². The molecule has 1 aliphatic rings. The van der Waals surface area contributed by atoms with Crippen LogP contribution in [0.15, 0.2) is 71.6 Å². The molecule has 2 aromatic carbocycles. The Labute approximate surface area is 261 Å². The van der Waals surface area contributed by atoms with Gasteiger partial charge in [-0.25, -0.2) is 9.97 Å². The summed E-state index contributed by atoms with van der Waals surface area (Å²) in [5.41, 5.74) is 8.22. The first-order valence-corrected chi connectivity index (χ1v) is 14.0. The van der Waals surface area contributed by atoms with Crippen LogP contribution in [0.2, 0.25) is 0 Å². The third-order valence-corrected chi connectivity index (χ3v) is 7.21. The number of pyridine rings is 1. The number of hydrogen-bond acceptors (Lipinski definition) is 8. The molecule has 1 amide bonds. The van der Waals surface area contributed by atoms with Gasteiger partial charge in [-0.2, -0.15) is 13.2 Å². The van der Waals surface area contributed by atoms with Crippen LogP contribution in [0.25, 0.3) is 11.3 Å². The third kappa shape index (κ3) is 8.27. The summed E-state index contributed by atoms with van der Waals surface area (Å²) in [5.74, 6) is -0.374. The summed E-state index contributed by atoms with van der Waals surface area (Å²) in [7, 11) is 0. The molecule has 9 nitrogen and oxygen atoms in total. The lowest BCUT2D eigenvalue weighted by Crippen LogP contribution is -2.43. The number of amides is 1. The van der Waals surface area contributed by atoms with Crippen LogP contribution in [0.3, 0.4) is 0 Å². The van der Waals surface area contributed by atoms with E-state index in [-0.39, 0.29) is 36.6 Å². The van der Waals surface area contributed by atoms with E-state index in [0.717, 1.165) is 34.8 Å². The number of halogens is 5. The Morgan fingerprint density at radius 2 is 1.81 bits per heavy atom. The van der Waals surface area contributed by atoms with Crippen LogP contribution in [0.1, 0.15) is 27.0 Å². The largest absolute Gasteiger partial charge is 0.416 e. The zero-order valence-electron chi connectivity index (χ0n) is 22.8. The average molecular weight is 678 g/mol. The van der Waals surface area contributed by atoms with Gasteiger partial charge in [0, 0.05) is 84.8 Å². The fourth-order valence-electron chi connectivity index (χ4n) is 4.63. The smallest absolute Gasteiger partial charge is 0.326 e. The second-order valence-electron chi connectivity index (χ2n) is 9.71. The van der Waals surface area contributed by atoms with Crippen molar-refractivity contribution in [1.82, 2.24) is 25.2 Å². The monoisotopic (exact) mass is 676 g/mol. The van der Waals surface area contributed by atoms with Crippen molar-refractivity contribution >= 4 is 51.6 Å². The molecular weight excluding hydrogens is 649 g/mol. The van der Waals surface area contributed by atoms with Crippen LogP contribution < -0.4 is 21.7 Å². The highest BCUT2D eigenvalue weighted by Crippen LogP contribution is 2.34. The number of piperazine rings is 1. The predicted molar refractivity (Wildman–Crippen MR) is 165 cm³/mol. The van der Waals surface area contributed by atoms with Gasteiger partial charge in [-0.3, -0.25) is 14.7 Å². The highest BCUT2D eigenvalue weighted by Gasteiger charge is 2.34. The van der Waals surface area contributed by atoms with E-state index in [1.165, 1.54) is 12.1 Å². The number of nitrogens with two attached hydrogens (primary N) is 1. The van der Waals surface area contributed by atoms with Crippen molar-refractivity contribution < 1.29 is 18.0 Å². The third-order valence-electron chi connectivity index (χ3n) is 6.77. The minimum absolute atomic E-state index is 0. The number of rotatable bonds is 8. The van der Waals surface area contributed by atoms with Gasteiger partial charge in [-0.15, -0.1) is 12.4 Å². The maximum Gasteiger partial charge on any atom is 0.416 e. The van der Waals surface area contributed by atoms with Gasteiger partial charge in [0.25, 0.3) is 5.91 Å². The molecule has 5 rings (SSSR count). The normalized spacial score (nSPS) is 13.7. The summed E-state index contributed by atoms with van der Waals surface area (Å²) < 4.78 is 42.7. The minimum Gasteiger partial charge on any atom is -0.326 e. The second kappa shape index (κ2) is 14.2.